The minimum Gasteiger partial charge on any atom is -0.356 e. The lowest BCUT2D eigenvalue weighted by molar-refractivity contribution is 0.249. The van der Waals surface area contributed by atoms with Crippen molar-refractivity contribution in [2.45, 2.75) is 32.9 Å². The molecule has 0 spiro atoms. The van der Waals surface area contributed by atoms with Crippen molar-refractivity contribution < 1.29 is 0 Å². The molecule has 5 nitrogen and oxygen atoms in total. The molecular weight excluding hydrogens is 457 g/mol. The topological polar surface area (TPSA) is 52.6 Å². The van der Waals surface area contributed by atoms with Crippen LogP contribution in [-0.2, 0) is 13.0 Å². The zero-order valence-electron chi connectivity index (χ0n) is 16.0. The average molecular weight is 487 g/mol. The lowest BCUT2D eigenvalue weighted by atomic mass is 10.2. The van der Waals surface area contributed by atoms with Gasteiger partial charge in [0.15, 0.2) is 5.96 Å². The molecule has 144 valence electrons. The maximum absolute atomic E-state index is 4.39. The maximum atomic E-state index is 4.39. The van der Waals surface area contributed by atoms with Crippen LogP contribution < -0.4 is 10.6 Å². The number of halogens is 1. The van der Waals surface area contributed by atoms with Crippen LogP contribution in [0.3, 0.4) is 0 Å². The van der Waals surface area contributed by atoms with E-state index in [9.17, 15) is 0 Å². The first-order valence-corrected chi connectivity index (χ1v) is 9.50. The van der Waals surface area contributed by atoms with Crippen LogP contribution in [0.2, 0.25) is 0 Å². The van der Waals surface area contributed by atoms with Crippen LogP contribution in [-0.4, -0.2) is 49.1 Å². The summed E-state index contributed by atoms with van der Waals surface area (Å²) in [7, 11) is 3.96. The molecule has 1 aromatic heterocycles. The van der Waals surface area contributed by atoms with E-state index in [0.717, 1.165) is 37.0 Å². The molecule has 0 aliphatic rings. The molecule has 1 atom stereocenters. The van der Waals surface area contributed by atoms with Crippen molar-refractivity contribution in [2.24, 2.45) is 4.99 Å². The molecule has 0 fully saturated rings. The largest absolute Gasteiger partial charge is 0.356 e. The van der Waals surface area contributed by atoms with Gasteiger partial charge in [0, 0.05) is 50.2 Å². The highest BCUT2D eigenvalue weighted by molar-refractivity contribution is 14.0. The van der Waals surface area contributed by atoms with Crippen molar-refractivity contribution in [3.05, 3.63) is 52.0 Å². The van der Waals surface area contributed by atoms with Crippen molar-refractivity contribution in [2.75, 3.05) is 27.2 Å². The number of aliphatic imine (C=N–C) groups is 1. The average Bonchev–Trinajstić information content (AvgIpc) is 3.03. The van der Waals surface area contributed by atoms with E-state index in [-0.39, 0.29) is 24.0 Å². The van der Waals surface area contributed by atoms with E-state index < -0.39 is 0 Å². The number of likely N-dealkylation sites (N-methyl/N-ethyl adjacent to an activating group) is 1. The molecule has 0 radical (unpaired) electrons. The number of nitrogens with zero attached hydrogens (tertiary/aromatic N) is 3. The van der Waals surface area contributed by atoms with Gasteiger partial charge in [0.1, 0.15) is 0 Å². The second kappa shape index (κ2) is 12.2. The van der Waals surface area contributed by atoms with Crippen LogP contribution in [0.1, 0.15) is 22.4 Å². The van der Waals surface area contributed by atoms with E-state index >= 15 is 0 Å². The highest BCUT2D eigenvalue weighted by atomic mass is 127. The molecule has 0 saturated carbocycles. The molecule has 1 aromatic carbocycles. The Morgan fingerprint density at radius 2 is 2.00 bits per heavy atom. The molecule has 0 saturated heterocycles. The second-order valence-electron chi connectivity index (χ2n) is 6.24. The summed E-state index contributed by atoms with van der Waals surface area (Å²) in [6.07, 6.45) is 2.85. The van der Waals surface area contributed by atoms with Crippen LogP contribution in [0, 0.1) is 6.92 Å². The first-order valence-electron chi connectivity index (χ1n) is 8.68. The van der Waals surface area contributed by atoms with Crippen LogP contribution >= 0.6 is 35.3 Å². The number of guanidine groups is 1. The Morgan fingerprint density at radius 3 is 2.62 bits per heavy atom. The SMILES string of the molecule is CN=C(NCCc1ncc(C)s1)NCC(C)N(C)Cc1ccccc1.I. The first kappa shape index (κ1) is 22.9. The van der Waals surface area contributed by atoms with Gasteiger partial charge in [-0.1, -0.05) is 30.3 Å². The number of aromatic nitrogens is 1. The predicted octanol–water partition coefficient (Wildman–Crippen LogP) is 3.30. The fourth-order valence-corrected chi connectivity index (χ4v) is 3.24. The van der Waals surface area contributed by atoms with E-state index in [0.29, 0.717) is 6.04 Å². The Bertz CT molecular complexity index is 659. The number of rotatable bonds is 8. The number of nitrogens with one attached hydrogen (secondary N) is 2. The Kier molecular flexibility index (Phi) is 10.8. The normalized spacial score (nSPS) is 12.6. The molecule has 0 amide bonds. The van der Waals surface area contributed by atoms with E-state index in [1.54, 1.807) is 18.4 Å². The summed E-state index contributed by atoms with van der Waals surface area (Å²) in [5.41, 5.74) is 1.33. The monoisotopic (exact) mass is 487 g/mol. The summed E-state index contributed by atoms with van der Waals surface area (Å²) in [4.78, 5) is 12.3. The first-order chi connectivity index (χ1) is 12.1. The molecule has 1 heterocycles. The Labute approximate surface area is 178 Å². The lowest BCUT2D eigenvalue weighted by Crippen LogP contribution is -2.45. The fourth-order valence-electron chi connectivity index (χ4n) is 2.45. The molecule has 2 rings (SSSR count). The second-order valence-corrected chi connectivity index (χ2v) is 7.56. The summed E-state index contributed by atoms with van der Waals surface area (Å²) in [5, 5.41) is 7.93. The van der Waals surface area contributed by atoms with Gasteiger partial charge < -0.3 is 10.6 Å². The van der Waals surface area contributed by atoms with E-state index in [1.165, 1.54) is 10.4 Å². The number of thiazole rings is 1. The van der Waals surface area contributed by atoms with Crippen molar-refractivity contribution in [1.29, 1.82) is 0 Å². The highest BCUT2D eigenvalue weighted by Gasteiger charge is 2.10. The summed E-state index contributed by atoms with van der Waals surface area (Å²) in [5.74, 6) is 0.841. The fraction of sp³-hybridized carbons (Fsp3) is 0.474. The quantitative estimate of drug-likeness (QED) is 0.341. The van der Waals surface area contributed by atoms with Gasteiger partial charge in [-0.25, -0.2) is 4.98 Å². The number of aryl methyl sites for hydroxylation is 1. The van der Waals surface area contributed by atoms with E-state index in [1.807, 2.05) is 6.20 Å². The smallest absolute Gasteiger partial charge is 0.191 e. The zero-order valence-corrected chi connectivity index (χ0v) is 19.2. The van der Waals surface area contributed by atoms with Gasteiger partial charge in [-0.15, -0.1) is 35.3 Å². The molecular formula is C19H30IN5S. The van der Waals surface area contributed by atoms with Gasteiger partial charge in [-0.2, -0.15) is 0 Å². The lowest BCUT2D eigenvalue weighted by Gasteiger charge is -2.25. The molecule has 0 aliphatic carbocycles. The summed E-state index contributed by atoms with van der Waals surface area (Å²) >= 11 is 1.75. The van der Waals surface area contributed by atoms with Gasteiger partial charge in [-0.05, 0) is 26.5 Å². The maximum Gasteiger partial charge on any atom is 0.191 e. The van der Waals surface area contributed by atoms with Crippen LogP contribution in [0.15, 0.2) is 41.5 Å². The Hall–Kier alpha value is -1.19. The third-order valence-electron chi connectivity index (χ3n) is 4.12. The van der Waals surface area contributed by atoms with Crippen LogP contribution in [0.4, 0.5) is 0 Å². The van der Waals surface area contributed by atoms with Gasteiger partial charge >= 0.3 is 0 Å². The standard InChI is InChI=1S/C19H29N5S.HI/c1-15(24(4)14-17-8-6-5-7-9-17)12-23-19(20-3)21-11-10-18-22-13-16(2)25-18;/h5-9,13,15H,10-12,14H2,1-4H3,(H2,20,21,23);1H. The number of benzene rings is 1. The van der Waals surface area contributed by atoms with Gasteiger partial charge in [0.05, 0.1) is 5.01 Å². The Morgan fingerprint density at radius 1 is 1.27 bits per heavy atom. The Balaban J connectivity index is 0.00000338. The third-order valence-corrected chi connectivity index (χ3v) is 5.09. The molecule has 2 N–H and O–H groups in total. The van der Waals surface area contributed by atoms with Crippen molar-refractivity contribution in [1.82, 2.24) is 20.5 Å². The highest BCUT2D eigenvalue weighted by Crippen LogP contribution is 2.10. The van der Waals surface area contributed by atoms with Gasteiger partial charge in [0.25, 0.3) is 0 Å². The van der Waals surface area contributed by atoms with Crippen molar-refractivity contribution >= 4 is 41.3 Å². The molecule has 26 heavy (non-hydrogen) atoms. The molecule has 2 aromatic rings. The van der Waals surface area contributed by atoms with Crippen molar-refractivity contribution in [3.8, 4) is 0 Å². The molecule has 7 heteroatoms. The number of hydrogen-bond acceptors (Lipinski definition) is 4. The zero-order chi connectivity index (χ0) is 18.1. The van der Waals surface area contributed by atoms with Gasteiger partial charge in [0.2, 0.25) is 0 Å². The molecule has 0 bridgehead atoms. The third kappa shape index (κ3) is 8.01. The summed E-state index contributed by atoms with van der Waals surface area (Å²) in [6.45, 7) is 6.93. The van der Waals surface area contributed by atoms with Gasteiger partial charge in [-0.3, -0.25) is 9.89 Å². The van der Waals surface area contributed by atoms with Crippen LogP contribution in [0.5, 0.6) is 0 Å². The van der Waals surface area contributed by atoms with E-state index in [2.05, 4.69) is 76.7 Å². The summed E-state index contributed by atoms with van der Waals surface area (Å²) < 4.78 is 0. The minimum absolute atomic E-state index is 0. The summed E-state index contributed by atoms with van der Waals surface area (Å²) in [6, 6.07) is 11.0. The minimum atomic E-state index is 0. The number of hydrogen-bond donors (Lipinski definition) is 2. The van der Waals surface area contributed by atoms with E-state index in [4.69, 9.17) is 0 Å². The van der Waals surface area contributed by atoms with Crippen molar-refractivity contribution in [3.63, 3.8) is 0 Å². The molecule has 0 aliphatic heterocycles. The molecule has 1 unspecified atom stereocenters. The predicted molar refractivity (Wildman–Crippen MR) is 123 cm³/mol. The van der Waals surface area contributed by atoms with Crippen LogP contribution in [0.25, 0.3) is 0 Å².